The van der Waals surface area contributed by atoms with Crippen molar-refractivity contribution in [3.63, 3.8) is 0 Å². The van der Waals surface area contributed by atoms with Gasteiger partial charge in [-0.05, 0) is 50.8 Å². The molecule has 1 heterocycles. The van der Waals surface area contributed by atoms with Crippen molar-refractivity contribution in [2.45, 2.75) is 51.6 Å². The molecule has 1 aliphatic rings. The van der Waals surface area contributed by atoms with Crippen molar-refractivity contribution in [2.75, 3.05) is 7.11 Å². The van der Waals surface area contributed by atoms with E-state index in [9.17, 15) is 10.1 Å². The minimum absolute atomic E-state index is 0.0124. The van der Waals surface area contributed by atoms with Crippen LogP contribution in [0.5, 0.6) is 5.75 Å². The van der Waals surface area contributed by atoms with Crippen molar-refractivity contribution in [1.29, 1.82) is 0 Å². The van der Waals surface area contributed by atoms with E-state index >= 15 is 0 Å². The highest BCUT2D eigenvalue weighted by Crippen LogP contribution is 2.42. The van der Waals surface area contributed by atoms with E-state index in [4.69, 9.17) is 14.0 Å². The molecule has 0 saturated carbocycles. The number of hydrogen-bond acceptors (Lipinski definition) is 5. The monoisotopic (exact) mass is 357 g/mol. The first-order valence-electron chi connectivity index (χ1n) is 8.68. The van der Waals surface area contributed by atoms with Crippen molar-refractivity contribution in [2.24, 2.45) is 0 Å². The second-order valence-corrected chi connectivity index (χ2v) is 7.77. The summed E-state index contributed by atoms with van der Waals surface area (Å²) >= 11 is 0. The summed E-state index contributed by atoms with van der Waals surface area (Å²) in [6, 6.07) is 9.08. The number of nitro groups is 1. The molecule has 138 valence electrons. The Kier molecular flexibility index (Phi) is 4.49. The summed E-state index contributed by atoms with van der Waals surface area (Å²) in [6.07, 6.45) is 0. The number of ether oxygens (including phenoxy) is 1. The zero-order chi connectivity index (χ0) is 19.3. The summed E-state index contributed by atoms with van der Waals surface area (Å²) in [6.45, 7) is 10.1. The van der Waals surface area contributed by atoms with Gasteiger partial charge in [-0.15, -0.1) is 0 Å². The molecule has 26 heavy (non-hydrogen) atoms. The second-order valence-electron chi connectivity index (χ2n) is 7.77. The van der Waals surface area contributed by atoms with E-state index in [-0.39, 0.29) is 24.4 Å². The van der Waals surface area contributed by atoms with Crippen molar-refractivity contribution in [1.82, 2.24) is 0 Å². The fraction of sp³-hybridized carbons (Fsp3) is 0.474. The van der Waals surface area contributed by atoms with Crippen molar-refractivity contribution in [3.05, 3.63) is 46.0 Å². The summed E-state index contributed by atoms with van der Waals surface area (Å²) in [4.78, 5) is 11.0. The normalized spacial score (nSPS) is 19.5. The average Bonchev–Trinajstić information content (AvgIpc) is 2.80. The zero-order valence-electron chi connectivity index (χ0n) is 16.0. The first-order valence-corrected chi connectivity index (χ1v) is 8.68. The molecule has 0 radical (unpaired) electrons. The van der Waals surface area contributed by atoms with Crippen LogP contribution in [0.15, 0.2) is 30.3 Å². The summed E-state index contributed by atoms with van der Waals surface area (Å²) < 4.78 is 17.4. The lowest BCUT2D eigenvalue weighted by atomic mass is 9.69. The Bertz CT molecular complexity index is 848. The van der Waals surface area contributed by atoms with Gasteiger partial charge in [0.1, 0.15) is 0 Å². The lowest BCUT2D eigenvalue weighted by Gasteiger charge is -2.32. The molecular weight excluding hydrogens is 333 g/mol. The second kappa shape index (κ2) is 6.25. The van der Waals surface area contributed by atoms with Gasteiger partial charge in [0.15, 0.2) is 5.75 Å². The molecule has 0 spiro atoms. The van der Waals surface area contributed by atoms with Gasteiger partial charge in [-0.3, -0.25) is 10.1 Å². The van der Waals surface area contributed by atoms with Crippen LogP contribution in [0.25, 0.3) is 10.8 Å². The van der Waals surface area contributed by atoms with E-state index in [0.717, 1.165) is 10.9 Å². The third-order valence-electron chi connectivity index (χ3n) is 5.59. The summed E-state index contributed by atoms with van der Waals surface area (Å²) in [5, 5.41) is 12.8. The Labute approximate surface area is 153 Å². The Balaban J connectivity index is 1.99. The van der Waals surface area contributed by atoms with Gasteiger partial charge in [0, 0.05) is 5.82 Å². The number of methoxy groups -OCH3 is 1. The lowest BCUT2D eigenvalue weighted by Crippen LogP contribution is -2.41. The molecule has 3 rings (SSSR count). The predicted octanol–water partition coefficient (Wildman–Crippen LogP) is 4.49. The maximum Gasteiger partial charge on any atom is 0.465 e. The van der Waals surface area contributed by atoms with Crippen LogP contribution < -0.4 is 4.74 Å². The third kappa shape index (κ3) is 2.95. The maximum absolute atomic E-state index is 11.5. The molecule has 1 saturated heterocycles. The topological polar surface area (TPSA) is 70.8 Å². The number of rotatable bonds is 4. The van der Waals surface area contributed by atoms with Crippen LogP contribution in [0.4, 0.5) is 5.69 Å². The average molecular weight is 357 g/mol. The van der Waals surface area contributed by atoms with Gasteiger partial charge in [-0.1, -0.05) is 25.1 Å². The molecule has 7 heteroatoms. The number of nitrogens with zero attached hydrogens (tertiary/aromatic N) is 1. The first kappa shape index (κ1) is 18.7. The van der Waals surface area contributed by atoms with Crippen LogP contribution in [0.3, 0.4) is 0 Å². The van der Waals surface area contributed by atoms with Crippen LogP contribution in [-0.2, 0) is 9.31 Å². The number of nitro benzene ring substituents is 1. The molecule has 0 bridgehead atoms. The zero-order valence-corrected chi connectivity index (χ0v) is 16.0. The van der Waals surface area contributed by atoms with Gasteiger partial charge in [-0.2, -0.15) is 0 Å². The van der Waals surface area contributed by atoms with Crippen LogP contribution >= 0.6 is 0 Å². The fourth-order valence-electron chi connectivity index (χ4n) is 3.20. The van der Waals surface area contributed by atoms with Gasteiger partial charge in [0.2, 0.25) is 0 Å². The van der Waals surface area contributed by atoms with E-state index in [1.54, 1.807) is 12.1 Å². The van der Waals surface area contributed by atoms with Crippen molar-refractivity contribution >= 4 is 23.6 Å². The molecule has 1 atom stereocenters. The first-order chi connectivity index (χ1) is 12.1. The van der Waals surface area contributed by atoms with Crippen LogP contribution in [0.1, 0.15) is 46.0 Å². The predicted molar refractivity (Wildman–Crippen MR) is 102 cm³/mol. The summed E-state index contributed by atoms with van der Waals surface area (Å²) in [5.74, 6) is 0.246. The highest BCUT2D eigenvalue weighted by atomic mass is 16.7. The van der Waals surface area contributed by atoms with E-state index in [1.165, 1.54) is 7.11 Å². The molecule has 2 aromatic rings. The molecule has 0 amide bonds. The molecule has 0 aromatic heterocycles. The molecule has 1 fully saturated rings. The molecule has 1 unspecified atom stereocenters. The Morgan fingerprint density at radius 2 is 1.73 bits per heavy atom. The molecule has 2 aromatic carbocycles. The Morgan fingerprint density at radius 1 is 1.12 bits per heavy atom. The van der Waals surface area contributed by atoms with Gasteiger partial charge in [0.05, 0.1) is 28.6 Å². The Hall–Kier alpha value is -2.12. The Morgan fingerprint density at radius 3 is 2.27 bits per heavy atom. The number of fused-ring (bicyclic) bond motifs is 1. The highest BCUT2D eigenvalue weighted by molar-refractivity contribution is 6.47. The maximum atomic E-state index is 11.5. The standard InChI is InChI=1S/C19H24BNO5/c1-12(20-25-18(2,3)19(4,5)26-20)13-7-9-15-14(11-13)8-10-16(24-6)17(15)21(22)23/h7-12H,1-6H3. The third-order valence-corrected chi connectivity index (χ3v) is 5.59. The van der Waals surface area contributed by atoms with E-state index in [1.807, 2.05) is 52.8 Å². The smallest absolute Gasteiger partial charge is 0.465 e. The van der Waals surface area contributed by atoms with E-state index in [0.29, 0.717) is 5.39 Å². The van der Waals surface area contributed by atoms with Gasteiger partial charge in [0.25, 0.3) is 0 Å². The minimum atomic E-state index is -0.404. The van der Waals surface area contributed by atoms with E-state index in [2.05, 4.69) is 0 Å². The van der Waals surface area contributed by atoms with Gasteiger partial charge < -0.3 is 14.0 Å². The largest absolute Gasteiger partial charge is 0.490 e. The minimum Gasteiger partial charge on any atom is -0.490 e. The molecule has 1 aliphatic heterocycles. The number of benzene rings is 2. The number of hydrogen-bond donors (Lipinski definition) is 0. The fourth-order valence-corrected chi connectivity index (χ4v) is 3.20. The van der Waals surface area contributed by atoms with Crippen LogP contribution in [0, 0.1) is 10.1 Å². The quantitative estimate of drug-likeness (QED) is 0.458. The summed E-state index contributed by atoms with van der Waals surface area (Å²) in [7, 11) is 1.06. The van der Waals surface area contributed by atoms with Gasteiger partial charge >= 0.3 is 12.8 Å². The SMILES string of the molecule is COc1ccc2cc(C(C)B3OC(C)(C)C(C)(C)O3)ccc2c1[N+](=O)[O-]. The summed E-state index contributed by atoms with van der Waals surface area (Å²) in [5.41, 5.74) is 0.208. The van der Waals surface area contributed by atoms with E-state index < -0.39 is 16.1 Å². The van der Waals surface area contributed by atoms with Crippen molar-refractivity contribution < 1.29 is 19.0 Å². The van der Waals surface area contributed by atoms with Gasteiger partial charge in [-0.25, -0.2) is 0 Å². The molecular formula is C19H24BNO5. The van der Waals surface area contributed by atoms with Crippen LogP contribution in [-0.4, -0.2) is 30.4 Å². The lowest BCUT2D eigenvalue weighted by molar-refractivity contribution is -0.383. The highest BCUT2D eigenvalue weighted by Gasteiger charge is 2.53. The molecule has 0 aliphatic carbocycles. The van der Waals surface area contributed by atoms with Crippen molar-refractivity contribution in [3.8, 4) is 5.75 Å². The van der Waals surface area contributed by atoms with Crippen LogP contribution in [0.2, 0.25) is 0 Å². The molecule has 0 N–H and O–H groups in total. The molecule has 6 nitrogen and oxygen atoms in total.